The maximum atomic E-state index is 15.3. The number of hydrogen-bond donors (Lipinski definition) is 4. The van der Waals surface area contributed by atoms with E-state index in [4.69, 9.17) is 4.98 Å². The molecule has 1 atom stereocenters. The summed E-state index contributed by atoms with van der Waals surface area (Å²) < 4.78 is 29.0. The van der Waals surface area contributed by atoms with Gasteiger partial charge in [-0.15, -0.1) is 11.3 Å². The highest BCUT2D eigenvalue weighted by Crippen LogP contribution is 2.36. The van der Waals surface area contributed by atoms with Crippen molar-refractivity contribution in [3.05, 3.63) is 112 Å². The van der Waals surface area contributed by atoms with Crippen molar-refractivity contribution >= 4 is 39.9 Å². The summed E-state index contributed by atoms with van der Waals surface area (Å²) in [6.07, 6.45) is 6.66. The van der Waals surface area contributed by atoms with Gasteiger partial charge in [-0.05, 0) is 48.7 Å². The molecule has 11 heteroatoms. The van der Waals surface area contributed by atoms with Gasteiger partial charge in [0.1, 0.15) is 17.6 Å². The van der Waals surface area contributed by atoms with Crippen LogP contribution in [0.1, 0.15) is 32.7 Å². The molecule has 0 saturated carbocycles. The number of amides is 1. The fourth-order valence-corrected chi connectivity index (χ4v) is 5.56. The monoisotopic (exact) mass is 551 g/mol. The molecule has 8 nitrogen and oxygen atoms in total. The quantitative estimate of drug-likeness (QED) is 0.202. The molecule has 2 aromatic carbocycles. The Bertz CT molecular complexity index is 1930. The van der Waals surface area contributed by atoms with E-state index in [2.05, 4.69) is 30.8 Å². The third-order valence-electron chi connectivity index (χ3n) is 6.65. The van der Waals surface area contributed by atoms with Crippen LogP contribution in [0.3, 0.4) is 0 Å². The standard InChI is InChI=1S/C29H19F2N7OS/c30-20-12-22-19(11-18(20)16-10-17(14-32-13-16)34-29(39)15-4-2-1-3-5-15)25(38-37-22)28-35-21-8-9-33-27(26(21)36-28)23-6-7-24(31)40-23/h1-14,27,33H,(H,34,39)(H,35,36)(H,37,38). The number of thiophene rings is 1. The van der Waals surface area contributed by atoms with Crippen LogP contribution in [-0.2, 0) is 0 Å². The summed E-state index contributed by atoms with van der Waals surface area (Å²) in [6.45, 7) is 0. The van der Waals surface area contributed by atoms with Crippen LogP contribution in [0.25, 0.3) is 39.6 Å². The Morgan fingerprint density at radius 3 is 2.73 bits per heavy atom. The minimum absolute atomic E-state index is 0.265. The number of rotatable bonds is 5. The van der Waals surface area contributed by atoms with E-state index in [-0.39, 0.29) is 17.1 Å². The summed E-state index contributed by atoms with van der Waals surface area (Å²) in [5, 5.41) is 13.7. The Balaban J connectivity index is 1.25. The second-order valence-corrected chi connectivity index (χ2v) is 10.3. The van der Waals surface area contributed by atoms with Gasteiger partial charge in [0.2, 0.25) is 0 Å². The lowest BCUT2D eigenvalue weighted by atomic mass is 10.0. The molecule has 0 saturated heterocycles. The van der Waals surface area contributed by atoms with Crippen LogP contribution in [0.15, 0.2) is 79.3 Å². The fourth-order valence-electron chi connectivity index (χ4n) is 4.76. The average molecular weight is 552 g/mol. The van der Waals surface area contributed by atoms with Gasteiger partial charge < -0.3 is 15.6 Å². The number of halogens is 2. The van der Waals surface area contributed by atoms with Crippen molar-refractivity contribution in [2.45, 2.75) is 6.04 Å². The molecule has 1 aliphatic heterocycles. The first-order chi connectivity index (χ1) is 19.5. The van der Waals surface area contributed by atoms with E-state index in [0.717, 1.165) is 21.9 Å². The molecule has 40 heavy (non-hydrogen) atoms. The van der Waals surface area contributed by atoms with Crippen molar-refractivity contribution in [1.82, 2.24) is 30.5 Å². The molecule has 1 unspecified atom stereocenters. The number of hydrogen-bond acceptors (Lipinski definition) is 6. The lowest BCUT2D eigenvalue weighted by Crippen LogP contribution is -2.19. The molecule has 1 amide bonds. The zero-order valence-electron chi connectivity index (χ0n) is 20.6. The normalized spacial score (nSPS) is 14.2. The Morgan fingerprint density at radius 2 is 1.90 bits per heavy atom. The lowest BCUT2D eigenvalue weighted by Gasteiger charge is -2.18. The SMILES string of the molecule is O=C(Nc1cncc(-c2cc3c(-c4nc5c([nH]4)C(c4ccc(F)s4)NC=C5)n[nH]c3cc2F)c1)c1ccccc1. The van der Waals surface area contributed by atoms with Crippen molar-refractivity contribution in [1.29, 1.82) is 0 Å². The Kier molecular flexibility index (Phi) is 5.71. The highest BCUT2D eigenvalue weighted by molar-refractivity contribution is 7.10. The molecule has 0 fully saturated rings. The molecule has 0 aliphatic carbocycles. The summed E-state index contributed by atoms with van der Waals surface area (Å²) >= 11 is 1.07. The van der Waals surface area contributed by atoms with Crippen LogP contribution < -0.4 is 10.6 Å². The summed E-state index contributed by atoms with van der Waals surface area (Å²) in [5.41, 5.74) is 4.22. The second kappa shape index (κ2) is 9.54. The maximum Gasteiger partial charge on any atom is 0.255 e. The number of nitrogens with one attached hydrogen (secondary N) is 4. The largest absolute Gasteiger partial charge is 0.378 e. The highest BCUT2D eigenvalue weighted by atomic mass is 32.1. The zero-order valence-corrected chi connectivity index (χ0v) is 21.4. The predicted molar refractivity (Wildman–Crippen MR) is 150 cm³/mol. The minimum Gasteiger partial charge on any atom is -0.378 e. The first kappa shape index (κ1) is 23.9. The predicted octanol–water partition coefficient (Wildman–Crippen LogP) is 6.27. The molecule has 0 spiro atoms. The Morgan fingerprint density at radius 1 is 1.02 bits per heavy atom. The van der Waals surface area contributed by atoms with Crippen molar-refractivity contribution in [3.63, 3.8) is 0 Å². The van der Waals surface area contributed by atoms with Crippen LogP contribution in [0.5, 0.6) is 0 Å². The smallest absolute Gasteiger partial charge is 0.255 e. The summed E-state index contributed by atoms with van der Waals surface area (Å²) in [5.74, 6) is -0.269. The number of H-pyrrole nitrogens is 2. The number of nitrogens with zero attached hydrogens (tertiary/aromatic N) is 3. The van der Waals surface area contributed by atoms with Gasteiger partial charge >= 0.3 is 0 Å². The number of imidazole rings is 1. The molecule has 1 aliphatic rings. The number of aromatic amines is 2. The molecule has 5 heterocycles. The number of aromatic nitrogens is 5. The summed E-state index contributed by atoms with van der Waals surface area (Å²) in [7, 11) is 0. The third-order valence-corrected chi connectivity index (χ3v) is 7.59. The highest BCUT2D eigenvalue weighted by Gasteiger charge is 2.26. The molecule has 0 radical (unpaired) electrons. The van der Waals surface area contributed by atoms with Crippen LogP contribution in [-0.4, -0.2) is 31.1 Å². The van der Waals surface area contributed by atoms with E-state index in [9.17, 15) is 9.18 Å². The maximum absolute atomic E-state index is 15.3. The van der Waals surface area contributed by atoms with Gasteiger partial charge in [0.15, 0.2) is 11.0 Å². The molecule has 6 aromatic rings. The molecular weight excluding hydrogens is 532 g/mol. The Hall–Kier alpha value is -5.16. The first-order valence-electron chi connectivity index (χ1n) is 12.3. The third kappa shape index (κ3) is 4.22. The van der Waals surface area contributed by atoms with Crippen LogP contribution >= 0.6 is 11.3 Å². The number of carbonyl (C=O) groups is 1. The number of benzene rings is 2. The van der Waals surface area contributed by atoms with Gasteiger partial charge in [-0.2, -0.15) is 9.49 Å². The van der Waals surface area contributed by atoms with Crippen LogP contribution in [0.2, 0.25) is 0 Å². The average Bonchev–Trinajstić information content (AvgIpc) is 3.70. The second-order valence-electron chi connectivity index (χ2n) is 9.19. The van der Waals surface area contributed by atoms with Crippen LogP contribution in [0, 0.1) is 10.9 Å². The van der Waals surface area contributed by atoms with Gasteiger partial charge in [0.05, 0.1) is 28.8 Å². The van der Waals surface area contributed by atoms with Crippen molar-refractivity contribution in [3.8, 4) is 22.6 Å². The van der Waals surface area contributed by atoms with Gasteiger partial charge in [0, 0.05) is 39.2 Å². The molecule has 196 valence electrons. The van der Waals surface area contributed by atoms with E-state index in [1.807, 2.05) is 12.1 Å². The number of fused-ring (bicyclic) bond motifs is 2. The molecule has 4 N–H and O–H groups in total. The molecule has 0 bridgehead atoms. The van der Waals surface area contributed by atoms with Gasteiger partial charge in [-0.1, -0.05) is 18.2 Å². The summed E-state index contributed by atoms with van der Waals surface area (Å²) in [4.78, 5) is 25.7. The molecule has 7 rings (SSSR count). The topological polar surface area (TPSA) is 111 Å². The van der Waals surface area contributed by atoms with E-state index in [1.165, 1.54) is 24.5 Å². The van der Waals surface area contributed by atoms with E-state index in [1.54, 1.807) is 48.7 Å². The van der Waals surface area contributed by atoms with Crippen molar-refractivity contribution in [2.24, 2.45) is 0 Å². The fraction of sp³-hybridized carbons (Fsp3) is 0.0345. The van der Waals surface area contributed by atoms with E-state index in [0.29, 0.717) is 50.5 Å². The number of anilines is 1. The van der Waals surface area contributed by atoms with E-state index >= 15 is 4.39 Å². The molecular formula is C29H19F2N7OS. The summed E-state index contributed by atoms with van der Waals surface area (Å²) in [6, 6.07) is 16.4. The lowest BCUT2D eigenvalue weighted by molar-refractivity contribution is 0.102. The number of carbonyl (C=O) groups excluding carboxylic acids is 1. The minimum atomic E-state index is -0.471. The van der Waals surface area contributed by atoms with Gasteiger partial charge in [-0.25, -0.2) is 9.37 Å². The Labute approximate surface area is 229 Å². The van der Waals surface area contributed by atoms with E-state index < -0.39 is 5.82 Å². The number of pyridine rings is 1. The first-order valence-corrected chi connectivity index (χ1v) is 13.1. The zero-order chi connectivity index (χ0) is 27.2. The van der Waals surface area contributed by atoms with Crippen LogP contribution in [0.4, 0.5) is 14.5 Å². The van der Waals surface area contributed by atoms with Gasteiger partial charge in [0.25, 0.3) is 5.91 Å². The molecule has 4 aromatic heterocycles. The van der Waals surface area contributed by atoms with Crippen molar-refractivity contribution < 1.29 is 13.6 Å². The van der Waals surface area contributed by atoms with Gasteiger partial charge in [-0.3, -0.25) is 14.9 Å². The van der Waals surface area contributed by atoms with Crippen molar-refractivity contribution in [2.75, 3.05) is 5.32 Å².